The quantitative estimate of drug-likeness (QED) is 0.836. The van der Waals surface area contributed by atoms with Crippen LogP contribution in [-0.2, 0) is 6.54 Å². The van der Waals surface area contributed by atoms with Gasteiger partial charge in [-0.25, -0.2) is 0 Å². The molecule has 0 heterocycles. The van der Waals surface area contributed by atoms with Crippen LogP contribution in [0.15, 0.2) is 53.5 Å². The summed E-state index contributed by atoms with van der Waals surface area (Å²) >= 11 is 0. The maximum atomic E-state index is 9.32. The van der Waals surface area contributed by atoms with Crippen LogP contribution >= 0.6 is 0 Å². The van der Waals surface area contributed by atoms with E-state index < -0.39 is 0 Å². The van der Waals surface area contributed by atoms with Crippen molar-refractivity contribution in [3.8, 4) is 11.5 Å². The van der Waals surface area contributed by atoms with E-state index in [-0.39, 0.29) is 5.75 Å². The van der Waals surface area contributed by atoms with E-state index in [0.29, 0.717) is 6.54 Å². The van der Waals surface area contributed by atoms with Crippen LogP contribution in [0.1, 0.15) is 11.1 Å². The average molecular weight is 241 g/mol. The molecule has 2 aromatic rings. The lowest BCUT2D eigenvalue weighted by atomic mass is 10.2. The fourth-order valence-electron chi connectivity index (χ4n) is 1.63. The molecule has 2 aromatic carbocycles. The number of phenolic OH excluding ortho intramolecular Hbond substituents is 1. The minimum absolute atomic E-state index is 0.250. The zero-order valence-corrected chi connectivity index (χ0v) is 10.2. The van der Waals surface area contributed by atoms with Crippen molar-refractivity contribution in [2.45, 2.75) is 6.54 Å². The zero-order valence-electron chi connectivity index (χ0n) is 10.2. The van der Waals surface area contributed by atoms with E-state index in [1.807, 2.05) is 30.3 Å². The van der Waals surface area contributed by atoms with Gasteiger partial charge in [0.2, 0.25) is 0 Å². The van der Waals surface area contributed by atoms with E-state index in [1.165, 1.54) is 0 Å². The summed E-state index contributed by atoms with van der Waals surface area (Å²) in [4.78, 5) is 4.34. The molecule has 0 bridgehead atoms. The molecule has 2 rings (SSSR count). The first kappa shape index (κ1) is 12.2. The Labute approximate surface area is 106 Å². The van der Waals surface area contributed by atoms with Crippen molar-refractivity contribution >= 4 is 6.21 Å². The highest BCUT2D eigenvalue weighted by Gasteiger charge is 1.94. The molecule has 0 aliphatic heterocycles. The number of aliphatic imine (C=N–C) groups is 1. The summed E-state index contributed by atoms with van der Waals surface area (Å²) in [5.41, 5.74) is 1.98. The number of aromatic hydroxyl groups is 1. The molecular weight excluding hydrogens is 226 g/mol. The molecule has 0 saturated carbocycles. The van der Waals surface area contributed by atoms with Crippen molar-refractivity contribution in [1.29, 1.82) is 0 Å². The lowest BCUT2D eigenvalue weighted by Crippen LogP contribution is -1.87. The van der Waals surface area contributed by atoms with Crippen LogP contribution in [-0.4, -0.2) is 18.4 Å². The Morgan fingerprint density at radius 2 is 2.00 bits per heavy atom. The summed E-state index contributed by atoms with van der Waals surface area (Å²) in [6.45, 7) is 0.590. The van der Waals surface area contributed by atoms with Gasteiger partial charge in [0.1, 0.15) is 11.5 Å². The second-order valence-electron chi connectivity index (χ2n) is 3.92. The molecule has 0 aromatic heterocycles. The van der Waals surface area contributed by atoms with Gasteiger partial charge >= 0.3 is 0 Å². The van der Waals surface area contributed by atoms with Gasteiger partial charge < -0.3 is 9.84 Å². The summed E-state index contributed by atoms with van der Waals surface area (Å²) in [7, 11) is 1.65. The highest BCUT2D eigenvalue weighted by molar-refractivity contribution is 5.80. The number of methoxy groups -OCH3 is 1. The SMILES string of the molecule is COc1cccc(CN=Cc2cccc(O)c2)c1. The topological polar surface area (TPSA) is 41.8 Å². The number of benzene rings is 2. The molecule has 18 heavy (non-hydrogen) atoms. The fourth-order valence-corrected chi connectivity index (χ4v) is 1.63. The van der Waals surface area contributed by atoms with Gasteiger partial charge in [0.25, 0.3) is 0 Å². The molecule has 0 aliphatic carbocycles. The molecule has 0 radical (unpaired) electrons. The molecule has 0 unspecified atom stereocenters. The minimum Gasteiger partial charge on any atom is -0.508 e. The van der Waals surface area contributed by atoms with Gasteiger partial charge in [-0.15, -0.1) is 0 Å². The molecule has 0 aliphatic rings. The van der Waals surface area contributed by atoms with Crippen molar-refractivity contribution in [3.05, 3.63) is 59.7 Å². The Morgan fingerprint density at radius 1 is 1.17 bits per heavy atom. The monoisotopic (exact) mass is 241 g/mol. The van der Waals surface area contributed by atoms with Gasteiger partial charge in [-0.3, -0.25) is 4.99 Å². The summed E-state index contributed by atoms with van der Waals surface area (Å²) in [6.07, 6.45) is 1.75. The molecule has 92 valence electrons. The minimum atomic E-state index is 0.250. The summed E-state index contributed by atoms with van der Waals surface area (Å²) in [6, 6.07) is 14.8. The molecule has 3 heteroatoms. The van der Waals surface area contributed by atoms with E-state index in [2.05, 4.69) is 4.99 Å². The van der Waals surface area contributed by atoms with Crippen LogP contribution in [0.2, 0.25) is 0 Å². The normalized spacial score (nSPS) is 10.7. The summed E-state index contributed by atoms with van der Waals surface area (Å²) in [5, 5.41) is 9.32. The standard InChI is InChI=1S/C15H15NO2/c1-18-15-7-3-5-13(9-15)11-16-10-12-4-2-6-14(17)8-12/h2-10,17H,11H2,1H3. The molecular formula is C15H15NO2. The second-order valence-corrected chi connectivity index (χ2v) is 3.92. The van der Waals surface area contributed by atoms with Crippen molar-refractivity contribution in [3.63, 3.8) is 0 Å². The number of phenols is 1. The highest BCUT2D eigenvalue weighted by atomic mass is 16.5. The van der Waals surface area contributed by atoms with Crippen molar-refractivity contribution in [2.75, 3.05) is 7.11 Å². The Balaban J connectivity index is 2.02. The van der Waals surface area contributed by atoms with Crippen LogP contribution in [0.4, 0.5) is 0 Å². The fraction of sp³-hybridized carbons (Fsp3) is 0.133. The lowest BCUT2D eigenvalue weighted by Gasteiger charge is -2.01. The largest absolute Gasteiger partial charge is 0.508 e. The first-order valence-electron chi connectivity index (χ1n) is 5.70. The number of nitrogens with zero attached hydrogens (tertiary/aromatic N) is 1. The predicted octanol–water partition coefficient (Wildman–Crippen LogP) is 3.02. The molecule has 0 amide bonds. The third-order valence-corrected chi connectivity index (χ3v) is 2.52. The van der Waals surface area contributed by atoms with E-state index >= 15 is 0 Å². The molecule has 0 spiro atoms. The van der Waals surface area contributed by atoms with Gasteiger partial charge in [0, 0.05) is 6.21 Å². The Kier molecular flexibility index (Phi) is 3.97. The van der Waals surface area contributed by atoms with E-state index in [1.54, 1.807) is 31.5 Å². The maximum Gasteiger partial charge on any atom is 0.119 e. The molecule has 0 atom stereocenters. The number of hydrogen-bond acceptors (Lipinski definition) is 3. The smallest absolute Gasteiger partial charge is 0.119 e. The predicted molar refractivity (Wildman–Crippen MR) is 72.4 cm³/mol. The first-order chi connectivity index (χ1) is 8.78. The molecule has 0 fully saturated rings. The van der Waals surface area contributed by atoms with Crippen molar-refractivity contribution < 1.29 is 9.84 Å². The maximum absolute atomic E-state index is 9.32. The Hall–Kier alpha value is -2.29. The second kappa shape index (κ2) is 5.87. The first-order valence-corrected chi connectivity index (χ1v) is 5.70. The summed E-state index contributed by atoms with van der Waals surface area (Å²) < 4.78 is 5.15. The Morgan fingerprint density at radius 3 is 2.78 bits per heavy atom. The number of rotatable bonds is 4. The van der Waals surface area contributed by atoms with Gasteiger partial charge in [0.15, 0.2) is 0 Å². The number of hydrogen-bond donors (Lipinski definition) is 1. The zero-order chi connectivity index (χ0) is 12.8. The van der Waals surface area contributed by atoms with Crippen LogP contribution in [0.25, 0.3) is 0 Å². The lowest BCUT2D eigenvalue weighted by molar-refractivity contribution is 0.414. The number of ether oxygens (including phenoxy) is 1. The van der Waals surface area contributed by atoms with E-state index in [0.717, 1.165) is 16.9 Å². The third-order valence-electron chi connectivity index (χ3n) is 2.52. The van der Waals surface area contributed by atoms with Crippen molar-refractivity contribution in [1.82, 2.24) is 0 Å². The van der Waals surface area contributed by atoms with E-state index in [9.17, 15) is 5.11 Å². The van der Waals surface area contributed by atoms with Crippen LogP contribution in [0.3, 0.4) is 0 Å². The van der Waals surface area contributed by atoms with Gasteiger partial charge in [0.05, 0.1) is 13.7 Å². The van der Waals surface area contributed by atoms with Crippen LogP contribution in [0.5, 0.6) is 11.5 Å². The molecule has 1 N–H and O–H groups in total. The van der Waals surface area contributed by atoms with Gasteiger partial charge in [-0.2, -0.15) is 0 Å². The van der Waals surface area contributed by atoms with Gasteiger partial charge in [-0.1, -0.05) is 24.3 Å². The van der Waals surface area contributed by atoms with Crippen molar-refractivity contribution in [2.24, 2.45) is 4.99 Å². The van der Waals surface area contributed by atoms with Gasteiger partial charge in [-0.05, 0) is 35.4 Å². The highest BCUT2D eigenvalue weighted by Crippen LogP contribution is 2.13. The molecule has 0 saturated heterocycles. The van der Waals surface area contributed by atoms with Crippen LogP contribution in [0, 0.1) is 0 Å². The summed E-state index contributed by atoms with van der Waals surface area (Å²) in [5.74, 6) is 1.08. The average Bonchev–Trinajstić information content (AvgIpc) is 2.39. The Bertz CT molecular complexity index is 550. The van der Waals surface area contributed by atoms with E-state index in [4.69, 9.17) is 4.74 Å². The van der Waals surface area contributed by atoms with Crippen LogP contribution < -0.4 is 4.74 Å². The molecule has 3 nitrogen and oxygen atoms in total. The third kappa shape index (κ3) is 3.35.